The molecule has 0 saturated carbocycles. The average Bonchev–Trinajstić information content (AvgIpc) is 3.31. The van der Waals surface area contributed by atoms with Gasteiger partial charge in [0.25, 0.3) is 0 Å². The molecule has 0 aliphatic rings. The summed E-state index contributed by atoms with van der Waals surface area (Å²) in [7, 11) is -2.08. The molecule has 0 saturated heterocycles. The van der Waals surface area contributed by atoms with Crippen molar-refractivity contribution in [2.45, 2.75) is 30.8 Å². The van der Waals surface area contributed by atoms with Crippen LogP contribution in [0.3, 0.4) is 0 Å². The van der Waals surface area contributed by atoms with Crippen molar-refractivity contribution in [3.05, 3.63) is 107 Å². The Morgan fingerprint density at radius 3 is 2.50 bits per heavy atom. The van der Waals surface area contributed by atoms with Gasteiger partial charge in [-0.1, -0.05) is 71.9 Å². The predicted octanol–water partition coefficient (Wildman–Crippen LogP) is 5.53. The fourth-order valence-electron chi connectivity index (χ4n) is 3.57. The second kappa shape index (κ2) is 11.6. The lowest BCUT2D eigenvalue weighted by Crippen LogP contribution is -2.27. The molecule has 1 aromatic heterocycles. The van der Waals surface area contributed by atoms with E-state index in [1.807, 2.05) is 90.4 Å². The molecule has 0 aliphatic carbocycles. The molecular formula is C27H28N4O3S2. The second-order valence-corrected chi connectivity index (χ2v) is 10.8. The molecule has 0 bridgehead atoms. The minimum Gasteiger partial charge on any atom is -0.497 e. The number of ether oxygens (including phenoxy) is 1. The molecular weight excluding hydrogens is 492 g/mol. The SMILES string of the molecule is COc1cccc(CSc2nnc(C(C)NS(=O)(=O)C=Cc3ccccc3)n2-c2ccc(C)cc2)c1. The van der Waals surface area contributed by atoms with Crippen LogP contribution in [0.25, 0.3) is 11.8 Å². The van der Waals surface area contributed by atoms with Crippen molar-refractivity contribution in [1.82, 2.24) is 19.5 Å². The first-order chi connectivity index (χ1) is 17.3. The summed E-state index contributed by atoms with van der Waals surface area (Å²) in [6, 6.07) is 24.5. The molecule has 0 aliphatic heterocycles. The molecule has 1 N–H and O–H groups in total. The van der Waals surface area contributed by atoms with Gasteiger partial charge in [0.05, 0.1) is 13.2 Å². The van der Waals surface area contributed by atoms with Gasteiger partial charge in [-0.15, -0.1) is 10.2 Å². The summed E-state index contributed by atoms with van der Waals surface area (Å²) in [5, 5.41) is 10.6. The number of methoxy groups -OCH3 is 1. The van der Waals surface area contributed by atoms with Crippen LogP contribution in [0.4, 0.5) is 0 Å². The lowest BCUT2D eigenvalue weighted by Gasteiger charge is -2.16. The van der Waals surface area contributed by atoms with Crippen LogP contribution in [0.2, 0.25) is 0 Å². The van der Waals surface area contributed by atoms with Crippen LogP contribution in [-0.4, -0.2) is 30.3 Å². The Kier molecular flexibility index (Phi) is 8.25. The van der Waals surface area contributed by atoms with Gasteiger partial charge in [-0.2, -0.15) is 0 Å². The number of thioether (sulfide) groups is 1. The lowest BCUT2D eigenvalue weighted by molar-refractivity contribution is 0.414. The third-order valence-corrected chi connectivity index (χ3v) is 7.60. The maximum Gasteiger partial charge on any atom is 0.234 e. The molecule has 1 heterocycles. The van der Waals surface area contributed by atoms with E-state index in [2.05, 4.69) is 14.9 Å². The average molecular weight is 521 g/mol. The predicted molar refractivity (Wildman–Crippen MR) is 145 cm³/mol. The molecule has 36 heavy (non-hydrogen) atoms. The second-order valence-electron chi connectivity index (χ2n) is 8.25. The third-order valence-electron chi connectivity index (χ3n) is 5.42. The van der Waals surface area contributed by atoms with E-state index in [9.17, 15) is 8.42 Å². The Bertz CT molecular complexity index is 1430. The summed E-state index contributed by atoms with van der Waals surface area (Å²) in [5.41, 5.74) is 3.87. The zero-order chi connectivity index (χ0) is 25.5. The van der Waals surface area contributed by atoms with E-state index in [1.54, 1.807) is 20.1 Å². The molecule has 4 rings (SSSR count). The minimum atomic E-state index is -3.72. The molecule has 186 valence electrons. The quantitative estimate of drug-likeness (QED) is 0.277. The first-order valence-corrected chi connectivity index (χ1v) is 13.9. The van der Waals surface area contributed by atoms with Crippen molar-refractivity contribution >= 4 is 27.9 Å². The van der Waals surface area contributed by atoms with Gasteiger partial charge in [-0.25, -0.2) is 13.1 Å². The first-order valence-electron chi connectivity index (χ1n) is 11.4. The summed E-state index contributed by atoms with van der Waals surface area (Å²) in [6.07, 6.45) is 1.56. The number of aromatic nitrogens is 3. The van der Waals surface area contributed by atoms with Gasteiger partial charge >= 0.3 is 0 Å². The highest BCUT2D eigenvalue weighted by molar-refractivity contribution is 7.98. The molecule has 9 heteroatoms. The van der Waals surface area contributed by atoms with E-state index in [4.69, 9.17) is 4.74 Å². The summed E-state index contributed by atoms with van der Waals surface area (Å²) < 4.78 is 35.5. The highest BCUT2D eigenvalue weighted by atomic mass is 32.2. The minimum absolute atomic E-state index is 0.503. The number of benzene rings is 3. The fourth-order valence-corrected chi connectivity index (χ4v) is 5.49. The van der Waals surface area contributed by atoms with Crippen LogP contribution in [0, 0.1) is 6.92 Å². The van der Waals surface area contributed by atoms with Gasteiger partial charge in [0.1, 0.15) is 5.75 Å². The molecule has 0 spiro atoms. The molecule has 7 nitrogen and oxygen atoms in total. The highest BCUT2D eigenvalue weighted by Crippen LogP contribution is 2.29. The van der Waals surface area contributed by atoms with E-state index in [0.717, 1.165) is 28.1 Å². The van der Waals surface area contributed by atoms with Crippen LogP contribution in [0.1, 0.15) is 35.5 Å². The van der Waals surface area contributed by atoms with Crippen molar-refractivity contribution in [3.63, 3.8) is 0 Å². The number of rotatable bonds is 10. The zero-order valence-corrected chi connectivity index (χ0v) is 22.0. The van der Waals surface area contributed by atoms with Gasteiger partial charge in [-0.05, 0) is 55.3 Å². The number of aryl methyl sites for hydroxylation is 1. The number of sulfonamides is 1. The van der Waals surface area contributed by atoms with E-state index in [0.29, 0.717) is 16.7 Å². The van der Waals surface area contributed by atoms with Crippen LogP contribution in [-0.2, 0) is 15.8 Å². The van der Waals surface area contributed by atoms with E-state index in [1.165, 1.54) is 17.2 Å². The Morgan fingerprint density at radius 2 is 1.78 bits per heavy atom. The molecule has 0 amide bonds. The first kappa shape index (κ1) is 25.7. The van der Waals surface area contributed by atoms with Crippen LogP contribution in [0.15, 0.2) is 89.4 Å². The fraction of sp³-hybridized carbons (Fsp3) is 0.185. The van der Waals surface area contributed by atoms with Crippen LogP contribution < -0.4 is 9.46 Å². The smallest absolute Gasteiger partial charge is 0.234 e. The largest absolute Gasteiger partial charge is 0.497 e. The number of nitrogens with one attached hydrogen (secondary N) is 1. The van der Waals surface area contributed by atoms with Crippen molar-refractivity contribution in [1.29, 1.82) is 0 Å². The number of nitrogens with zero attached hydrogens (tertiary/aromatic N) is 3. The zero-order valence-electron chi connectivity index (χ0n) is 20.3. The maximum atomic E-state index is 12.8. The Morgan fingerprint density at radius 1 is 1.03 bits per heavy atom. The molecule has 0 fully saturated rings. The van der Waals surface area contributed by atoms with Gasteiger partial charge in [0.15, 0.2) is 11.0 Å². The molecule has 4 aromatic rings. The Labute approximate surface area is 216 Å². The van der Waals surface area contributed by atoms with Gasteiger partial charge < -0.3 is 4.74 Å². The number of hydrogen-bond donors (Lipinski definition) is 1. The van der Waals surface area contributed by atoms with Crippen molar-refractivity contribution in [2.75, 3.05) is 7.11 Å². The normalized spacial score (nSPS) is 12.6. The summed E-state index contributed by atoms with van der Waals surface area (Å²) in [6.45, 7) is 3.78. The van der Waals surface area contributed by atoms with E-state index < -0.39 is 16.1 Å². The summed E-state index contributed by atoms with van der Waals surface area (Å²) >= 11 is 1.52. The Hall–Kier alpha value is -3.40. The van der Waals surface area contributed by atoms with Crippen LogP contribution in [0.5, 0.6) is 5.75 Å². The molecule has 0 radical (unpaired) electrons. The van der Waals surface area contributed by atoms with Crippen LogP contribution >= 0.6 is 11.8 Å². The summed E-state index contributed by atoms with van der Waals surface area (Å²) in [5.74, 6) is 1.95. The van der Waals surface area contributed by atoms with Crippen molar-refractivity contribution < 1.29 is 13.2 Å². The third kappa shape index (κ3) is 6.63. The van der Waals surface area contributed by atoms with Gasteiger partial charge in [-0.3, -0.25) is 4.57 Å². The molecule has 1 unspecified atom stereocenters. The Balaban J connectivity index is 1.60. The van der Waals surface area contributed by atoms with Gasteiger partial charge in [0.2, 0.25) is 10.0 Å². The maximum absolute atomic E-state index is 12.8. The van der Waals surface area contributed by atoms with E-state index in [-0.39, 0.29) is 0 Å². The lowest BCUT2D eigenvalue weighted by atomic mass is 10.2. The van der Waals surface area contributed by atoms with Crippen molar-refractivity contribution in [3.8, 4) is 11.4 Å². The summed E-state index contributed by atoms with van der Waals surface area (Å²) in [4.78, 5) is 0. The van der Waals surface area contributed by atoms with Gasteiger partial charge in [0, 0.05) is 16.8 Å². The highest BCUT2D eigenvalue weighted by Gasteiger charge is 2.22. The monoisotopic (exact) mass is 520 g/mol. The standard InChI is InChI=1S/C27H28N4O3S2/c1-20-12-14-24(15-13-20)31-26(21(2)30-36(32,33)17-16-22-8-5-4-6-9-22)28-29-27(31)35-19-23-10-7-11-25(18-23)34-3/h4-18,21,30H,19H2,1-3H3. The molecule has 1 atom stereocenters. The molecule has 3 aromatic carbocycles. The topological polar surface area (TPSA) is 86.1 Å². The van der Waals surface area contributed by atoms with Crippen molar-refractivity contribution in [2.24, 2.45) is 0 Å². The number of hydrogen-bond acceptors (Lipinski definition) is 6. The van der Waals surface area contributed by atoms with E-state index >= 15 is 0 Å².